The van der Waals surface area contributed by atoms with Crippen molar-refractivity contribution in [2.75, 3.05) is 0 Å². The van der Waals surface area contributed by atoms with Gasteiger partial charge in [0.2, 0.25) is 5.69 Å². The maximum absolute atomic E-state index is 11.7. The molecule has 0 aliphatic carbocycles. The molecule has 0 spiro atoms. The largest absolute Gasteiger partial charge is 0.455 e. The molecule has 0 aliphatic rings. The van der Waals surface area contributed by atoms with E-state index in [1.165, 1.54) is 0 Å². The SMILES string of the molecule is [C-]#[N+]c1c(-c2ccccc2)c(C#N)c(-n2c3ccccc3c3c4oc5ccccc5c4ccc32)c(-c2ccccc2)c1-n1c2ccnc3c4ccccc4c4nccc1c4c32. The third-order valence-corrected chi connectivity index (χ3v) is 12.4. The Morgan fingerprint density at radius 3 is 1.67 bits per heavy atom. The van der Waals surface area contributed by atoms with Gasteiger partial charge in [-0.25, -0.2) is 4.85 Å². The van der Waals surface area contributed by atoms with Gasteiger partial charge in [0.15, 0.2) is 0 Å². The molecular weight excluding hydrogens is 749 g/mol. The number of benzene rings is 8. The third kappa shape index (κ3) is 4.33. The van der Waals surface area contributed by atoms with Gasteiger partial charge in [0.25, 0.3) is 0 Å². The Labute approximate surface area is 347 Å². The number of pyridine rings is 2. The van der Waals surface area contributed by atoms with Crippen LogP contribution >= 0.6 is 0 Å². The predicted octanol–water partition coefficient (Wildman–Crippen LogP) is 14.1. The van der Waals surface area contributed by atoms with Crippen LogP contribution in [0.3, 0.4) is 0 Å². The van der Waals surface area contributed by atoms with Gasteiger partial charge < -0.3 is 13.6 Å². The number of para-hydroxylation sites is 2. The highest BCUT2D eigenvalue weighted by atomic mass is 16.3. The third-order valence-electron chi connectivity index (χ3n) is 12.4. The predicted molar refractivity (Wildman–Crippen MR) is 246 cm³/mol. The number of furan rings is 1. The normalized spacial score (nSPS) is 11.9. The van der Waals surface area contributed by atoms with Crippen molar-refractivity contribution in [1.82, 2.24) is 19.1 Å². The van der Waals surface area contributed by atoms with Crippen LogP contribution in [0.25, 0.3) is 126 Å². The van der Waals surface area contributed by atoms with Gasteiger partial charge in [-0.3, -0.25) is 9.97 Å². The molecule has 0 aliphatic heterocycles. The van der Waals surface area contributed by atoms with E-state index in [0.717, 1.165) is 104 Å². The number of hydrogen-bond acceptors (Lipinski definition) is 4. The minimum absolute atomic E-state index is 0.373. The summed E-state index contributed by atoms with van der Waals surface area (Å²) in [5.74, 6) is 0. The van der Waals surface area contributed by atoms with Crippen molar-refractivity contribution in [1.29, 1.82) is 5.26 Å². The lowest BCUT2D eigenvalue weighted by atomic mass is 9.88. The molecule has 0 radical (unpaired) electrons. The Hall–Kier alpha value is -8.78. The van der Waals surface area contributed by atoms with Crippen molar-refractivity contribution >= 4 is 93.0 Å². The molecule has 0 bridgehead atoms. The van der Waals surface area contributed by atoms with Crippen LogP contribution in [0, 0.1) is 17.9 Å². The molecule has 0 N–H and O–H groups in total. The maximum atomic E-state index is 11.7. The van der Waals surface area contributed by atoms with Gasteiger partial charge in [-0.15, -0.1) is 0 Å². The molecule has 0 saturated heterocycles. The van der Waals surface area contributed by atoms with E-state index in [1.807, 2.05) is 109 Å². The summed E-state index contributed by atoms with van der Waals surface area (Å²) in [6, 6.07) is 55.8. The van der Waals surface area contributed by atoms with Gasteiger partial charge in [-0.05, 0) is 47.5 Å². The second-order valence-electron chi connectivity index (χ2n) is 15.4. The van der Waals surface area contributed by atoms with Crippen molar-refractivity contribution in [3.63, 3.8) is 0 Å². The van der Waals surface area contributed by atoms with E-state index in [4.69, 9.17) is 21.0 Å². The number of aromatic nitrogens is 4. The van der Waals surface area contributed by atoms with Gasteiger partial charge in [-0.1, -0.05) is 121 Å². The van der Waals surface area contributed by atoms with E-state index in [2.05, 4.69) is 80.7 Å². The molecule has 0 atom stereocenters. The molecule has 0 unspecified atom stereocenters. The van der Waals surface area contributed by atoms with E-state index in [9.17, 15) is 5.26 Å². The smallest absolute Gasteiger partial charge is 0.220 e. The molecule has 13 rings (SSSR count). The molecule has 13 aromatic rings. The first kappa shape index (κ1) is 33.2. The molecule has 5 heterocycles. The summed E-state index contributed by atoms with van der Waals surface area (Å²) >= 11 is 0. The molecular formula is C54H28N6O. The first-order valence-corrected chi connectivity index (χ1v) is 20.1. The van der Waals surface area contributed by atoms with Crippen LogP contribution in [0.4, 0.5) is 5.69 Å². The highest BCUT2D eigenvalue weighted by Crippen LogP contribution is 2.53. The fraction of sp³-hybridized carbons (Fsp3) is 0. The van der Waals surface area contributed by atoms with Crippen LogP contribution in [-0.4, -0.2) is 19.1 Å². The van der Waals surface area contributed by atoms with Gasteiger partial charge in [0.05, 0.1) is 62.0 Å². The van der Waals surface area contributed by atoms with E-state index >= 15 is 0 Å². The summed E-state index contributed by atoms with van der Waals surface area (Å²) in [6.45, 7) is 9.14. The van der Waals surface area contributed by atoms with Crippen LogP contribution in [0.1, 0.15) is 5.56 Å². The number of nitriles is 1. The van der Waals surface area contributed by atoms with Crippen LogP contribution in [0.15, 0.2) is 175 Å². The van der Waals surface area contributed by atoms with Gasteiger partial charge in [0, 0.05) is 61.2 Å². The van der Waals surface area contributed by atoms with Crippen molar-refractivity contribution < 1.29 is 4.42 Å². The Morgan fingerprint density at radius 1 is 0.492 bits per heavy atom. The van der Waals surface area contributed by atoms with Crippen LogP contribution in [0.5, 0.6) is 0 Å². The van der Waals surface area contributed by atoms with Crippen LogP contribution in [-0.2, 0) is 0 Å². The van der Waals surface area contributed by atoms with E-state index < -0.39 is 0 Å². The summed E-state index contributed by atoms with van der Waals surface area (Å²) in [5.41, 5.74) is 12.0. The maximum Gasteiger partial charge on any atom is 0.220 e. The van der Waals surface area contributed by atoms with Crippen molar-refractivity contribution in [3.8, 4) is 39.7 Å². The summed E-state index contributed by atoms with van der Waals surface area (Å²) in [7, 11) is 0. The molecule has 280 valence electrons. The lowest BCUT2D eigenvalue weighted by Crippen LogP contribution is -2.08. The Balaban J connectivity index is 1.31. The second kappa shape index (κ2) is 12.4. The zero-order chi connectivity index (χ0) is 40.3. The first-order chi connectivity index (χ1) is 30.2. The average Bonchev–Trinajstić information content (AvgIpc) is 3.99. The summed E-state index contributed by atoms with van der Waals surface area (Å²) in [6.07, 6.45) is 3.71. The molecule has 7 nitrogen and oxygen atoms in total. The van der Waals surface area contributed by atoms with Crippen molar-refractivity contribution in [2.45, 2.75) is 0 Å². The molecule has 0 saturated carbocycles. The Kier molecular flexibility index (Phi) is 6.73. The second-order valence-corrected chi connectivity index (χ2v) is 15.4. The molecule has 8 aromatic carbocycles. The van der Waals surface area contributed by atoms with Crippen LogP contribution < -0.4 is 0 Å². The lowest BCUT2D eigenvalue weighted by Gasteiger charge is -2.25. The van der Waals surface area contributed by atoms with Gasteiger partial charge in [-0.2, -0.15) is 5.26 Å². The monoisotopic (exact) mass is 776 g/mol. The quantitative estimate of drug-likeness (QED) is 0.132. The Bertz CT molecular complexity index is 3980. The van der Waals surface area contributed by atoms with E-state index in [1.54, 1.807) is 0 Å². The molecule has 5 aromatic heterocycles. The number of hydrogen-bond donors (Lipinski definition) is 0. The zero-order valence-electron chi connectivity index (χ0n) is 32.3. The van der Waals surface area contributed by atoms with Crippen LogP contribution in [0.2, 0.25) is 0 Å². The first-order valence-electron chi connectivity index (χ1n) is 20.1. The Morgan fingerprint density at radius 2 is 1.03 bits per heavy atom. The van der Waals surface area contributed by atoms with Gasteiger partial charge >= 0.3 is 0 Å². The average molecular weight is 777 g/mol. The number of fused-ring (bicyclic) bond motifs is 10. The highest BCUT2D eigenvalue weighted by Gasteiger charge is 2.33. The molecule has 61 heavy (non-hydrogen) atoms. The van der Waals surface area contributed by atoms with E-state index in [-0.39, 0.29) is 0 Å². The minimum Gasteiger partial charge on any atom is -0.455 e. The highest BCUT2D eigenvalue weighted by molar-refractivity contribution is 6.33. The van der Waals surface area contributed by atoms with Crippen molar-refractivity contribution in [3.05, 3.63) is 187 Å². The van der Waals surface area contributed by atoms with Gasteiger partial charge in [0.1, 0.15) is 17.2 Å². The van der Waals surface area contributed by atoms with Crippen molar-refractivity contribution in [2.24, 2.45) is 0 Å². The lowest BCUT2D eigenvalue weighted by molar-refractivity contribution is 0.673. The van der Waals surface area contributed by atoms with E-state index in [0.29, 0.717) is 28.2 Å². The summed E-state index contributed by atoms with van der Waals surface area (Å²) < 4.78 is 11.2. The minimum atomic E-state index is 0.373. The zero-order valence-corrected chi connectivity index (χ0v) is 32.3. The number of nitrogens with zero attached hydrogens (tertiary/aromatic N) is 6. The number of rotatable bonds is 4. The standard InChI is InChI=1S/C54H28N6O/c1-56-51-44(31-14-4-2-5-15-31)38(30-55)52(59-39-22-12-10-21-37(39)46-40(59)25-24-36-33-18-11-13-23-43(33)61-54(36)46)45(32-16-6-3-7-17-32)53(51)60-41-26-28-57-49-34-19-8-9-20-35(34)50-48(47(41)49)42(60)27-29-58-50/h2-29H. The fourth-order valence-corrected chi connectivity index (χ4v) is 10.1. The fourth-order valence-electron chi connectivity index (χ4n) is 10.1. The summed E-state index contributed by atoms with van der Waals surface area (Å²) in [4.78, 5) is 14.4. The molecule has 0 fully saturated rings. The molecule has 7 heteroatoms. The summed E-state index contributed by atoms with van der Waals surface area (Å²) in [5, 5.41) is 19.7. The topological polar surface area (TPSA) is 76.9 Å². The molecule has 0 amide bonds.